The van der Waals surface area contributed by atoms with Gasteiger partial charge in [0.05, 0.1) is 16.1 Å². The second-order valence-corrected chi connectivity index (χ2v) is 7.51. The monoisotopic (exact) mass is 484 g/mol. The normalized spacial score (nSPS) is 14.6. The zero-order valence-corrected chi connectivity index (χ0v) is 17.4. The van der Waals surface area contributed by atoms with Gasteiger partial charge < -0.3 is 14.8 Å². The molecule has 2 rings (SSSR count). The van der Waals surface area contributed by atoms with Crippen LogP contribution in [0.1, 0.15) is 31.2 Å². The quantitative estimate of drug-likeness (QED) is 0.376. The molecule has 1 saturated carbocycles. The lowest BCUT2D eigenvalue weighted by molar-refractivity contribution is -0.142. The number of carbonyl (C=O) groups excluding carboxylic acids is 2. The number of esters is 1. The van der Waals surface area contributed by atoms with Gasteiger partial charge in [-0.3, -0.25) is 4.79 Å². The molecule has 1 aromatic carbocycles. The van der Waals surface area contributed by atoms with Gasteiger partial charge in [0.2, 0.25) is 0 Å². The Bertz CT molecular complexity index is 742. The fourth-order valence-corrected chi connectivity index (χ4v) is 4.09. The molecule has 1 amide bonds. The molecular weight excluding hydrogens is 468 g/mol. The van der Waals surface area contributed by atoms with Crippen molar-refractivity contribution in [2.45, 2.75) is 31.7 Å². The van der Waals surface area contributed by atoms with E-state index in [4.69, 9.17) is 4.74 Å². The average molecular weight is 486 g/mol. The van der Waals surface area contributed by atoms with Crippen LogP contribution >= 0.6 is 31.9 Å². The summed E-state index contributed by atoms with van der Waals surface area (Å²) in [6, 6.07) is 5.51. The number of benzene rings is 1. The van der Waals surface area contributed by atoms with Crippen LogP contribution in [-0.2, 0) is 14.3 Å². The Hall–Kier alpha value is -1.85. The van der Waals surface area contributed by atoms with E-state index < -0.39 is 5.97 Å². The van der Waals surface area contributed by atoms with Crippen LogP contribution in [-0.4, -0.2) is 31.6 Å². The minimum atomic E-state index is -0.497. The molecule has 1 aromatic rings. The lowest BCUT2D eigenvalue weighted by atomic mass is 10.1. The van der Waals surface area contributed by atoms with Gasteiger partial charge in [-0.2, -0.15) is 5.26 Å². The summed E-state index contributed by atoms with van der Waals surface area (Å²) in [5, 5.41) is 12.2. The fraction of sp³-hybridized carbons (Fsp3) is 0.389. The van der Waals surface area contributed by atoms with Crippen molar-refractivity contribution in [3.05, 3.63) is 32.2 Å². The summed E-state index contributed by atoms with van der Waals surface area (Å²) in [4.78, 5) is 23.5. The van der Waals surface area contributed by atoms with Gasteiger partial charge in [-0.1, -0.05) is 12.8 Å². The Kier molecular flexibility index (Phi) is 7.66. The van der Waals surface area contributed by atoms with Crippen LogP contribution in [0.25, 0.3) is 6.08 Å². The number of amides is 1. The first-order chi connectivity index (χ1) is 12.4. The SMILES string of the molecule is COC(=O)COc1c(Br)cc(/C=C(/C#N)C(=O)NC2CCCC2)cc1Br. The molecule has 0 aliphatic heterocycles. The van der Waals surface area contributed by atoms with Crippen molar-refractivity contribution in [2.24, 2.45) is 0 Å². The Morgan fingerprint density at radius 1 is 1.31 bits per heavy atom. The van der Waals surface area contributed by atoms with Crippen LogP contribution in [0.2, 0.25) is 0 Å². The van der Waals surface area contributed by atoms with Crippen molar-refractivity contribution in [3.8, 4) is 11.8 Å². The molecule has 1 N–H and O–H groups in total. The molecule has 8 heteroatoms. The molecule has 6 nitrogen and oxygen atoms in total. The van der Waals surface area contributed by atoms with Crippen LogP contribution in [0, 0.1) is 11.3 Å². The number of halogens is 2. The second kappa shape index (κ2) is 9.74. The number of ether oxygens (including phenoxy) is 2. The predicted molar refractivity (Wildman–Crippen MR) is 103 cm³/mol. The zero-order valence-electron chi connectivity index (χ0n) is 14.2. The number of hydrogen-bond acceptors (Lipinski definition) is 5. The number of nitrogens with zero attached hydrogens (tertiary/aromatic N) is 1. The summed E-state index contributed by atoms with van der Waals surface area (Å²) < 4.78 is 11.1. The standard InChI is InChI=1S/C18H18Br2N2O4/c1-25-16(23)10-26-17-14(19)7-11(8-15(17)20)6-12(9-21)18(24)22-13-4-2-3-5-13/h6-8,13H,2-5,10H2,1H3,(H,22,24)/b12-6-. The van der Waals surface area contributed by atoms with Gasteiger partial charge in [-0.15, -0.1) is 0 Å². The third-order valence-corrected chi connectivity index (χ3v) is 5.13. The van der Waals surface area contributed by atoms with Gasteiger partial charge in [-0.25, -0.2) is 4.79 Å². The van der Waals surface area contributed by atoms with Crippen molar-refractivity contribution >= 4 is 49.8 Å². The summed E-state index contributed by atoms with van der Waals surface area (Å²) in [5.74, 6) is -0.428. The van der Waals surface area contributed by atoms with Crippen LogP contribution in [0.5, 0.6) is 5.75 Å². The molecule has 1 fully saturated rings. The van der Waals surface area contributed by atoms with E-state index in [0.29, 0.717) is 20.3 Å². The smallest absolute Gasteiger partial charge is 0.343 e. The van der Waals surface area contributed by atoms with E-state index in [1.165, 1.54) is 13.2 Å². The van der Waals surface area contributed by atoms with Crippen molar-refractivity contribution in [1.82, 2.24) is 5.32 Å². The first kappa shape index (κ1) is 20.5. The maximum atomic E-state index is 12.3. The number of nitrogens with one attached hydrogen (secondary N) is 1. The average Bonchev–Trinajstić information content (AvgIpc) is 3.11. The number of rotatable bonds is 6. The molecule has 0 aromatic heterocycles. The zero-order chi connectivity index (χ0) is 19.1. The van der Waals surface area contributed by atoms with Gasteiger partial charge in [0.15, 0.2) is 6.61 Å². The summed E-state index contributed by atoms with van der Waals surface area (Å²) in [7, 11) is 1.28. The third-order valence-electron chi connectivity index (χ3n) is 3.95. The molecule has 0 atom stereocenters. The van der Waals surface area contributed by atoms with Crippen molar-refractivity contribution < 1.29 is 19.1 Å². The Morgan fingerprint density at radius 3 is 2.46 bits per heavy atom. The molecular formula is C18H18Br2N2O4. The van der Waals surface area contributed by atoms with E-state index in [2.05, 4.69) is 41.9 Å². The van der Waals surface area contributed by atoms with Crippen molar-refractivity contribution in [2.75, 3.05) is 13.7 Å². The first-order valence-electron chi connectivity index (χ1n) is 8.06. The highest BCUT2D eigenvalue weighted by molar-refractivity contribution is 9.11. The van der Waals surface area contributed by atoms with Crippen LogP contribution in [0.15, 0.2) is 26.7 Å². The van der Waals surface area contributed by atoms with Crippen LogP contribution < -0.4 is 10.1 Å². The lowest BCUT2D eigenvalue weighted by Gasteiger charge is -2.12. The summed E-state index contributed by atoms with van der Waals surface area (Å²) in [6.07, 6.45) is 5.62. The predicted octanol–water partition coefficient (Wildman–Crippen LogP) is 3.73. The molecule has 0 radical (unpaired) electrons. The highest BCUT2D eigenvalue weighted by atomic mass is 79.9. The molecule has 0 bridgehead atoms. The minimum absolute atomic E-state index is 0.0407. The van der Waals surface area contributed by atoms with E-state index in [-0.39, 0.29) is 24.1 Å². The Balaban J connectivity index is 2.16. The van der Waals surface area contributed by atoms with E-state index in [0.717, 1.165) is 25.7 Å². The number of nitriles is 1. The highest BCUT2D eigenvalue weighted by Gasteiger charge is 2.19. The Labute approximate surface area is 168 Å². The lowest BCUT2D eigenvalue weighted by Crippen LogP contribution is -2.33. The molecule has 0 spiro atoms. The van der Waals surface area contributed by atoms with Gasteiger partial charge in [-0.05, 0) is 68.5 Å². The van der Waals surface area contributed by atoms with E-state index in [1.807, 2.05) is 6.07 Å². The molecule has 1 aliphatic carbocycles. The van der Waals surface area contributed by atoms with E-state index in [9.17, 15) is 14.9 Å². The molecule has 0 unspecified atom stereocenters. The highest BCUT2D eigenvalue weighted by Crippen LogP contribution is 2.35. The maximum Gasteiger partial charge on any atom is 0.343 e. The molecule has 0 heterocycles. The summed E-state index contributed by atoms with van der Waals surface area (Å²) in [5.41, 5.74) is 0.686. The second-order valence-electron chi connectivity index (χ2n) is 5.80. The molecule has 0 saturated heterocycles. The Morgan fingerprint density at radius 2 is 1.92 bits per heavy atom. The maximum absolute atomic E-state index is 12.3. The first-order valence-corrected chi connectivity index (χ1v) is 9.64. The summed E-state index contributed by atoms with van der Waals surface area (Å²) >= 11 is 6.74. The van der Waals surface area contributed by atoms with Crippen LogP contribution in [0.4, 0.5) is 0 Å². The number of methoxy groups -OCH3 is 1. The number of carbonyl (C=O) groups is 2. The van der Waals surface area contributed by atoms with Gasteiger partial charge in [0.1, 0.15) is 17.4 Å². The van der Waals surface area contributed by atoms with E-state index in [1.54, 1.807) is 12.1 Å². The molecule has 138 valence electrons. The van der Waals surface area contributed by atoms with Gasteiger partial charge in [0, 0.05) is 6.04 Å². The number of hydrogen-bond donors (Lipinski definition) is 1. The summed E-state index contributed by atoms with van der Waals surface area (Å²) in [6.45, 7) is -0.226. The van der Waals surface area contributed by atoms with Crippen LogP contribution in [0.3, 0.4) is 0 Å². The topological polar surface area (TPSA) is 88.4 Å². The third kappa shape index (κ3) is 5.58. The minimum Gasteiger partial charge on any atom is -0.480 e. The fourth-order valence-electron chi connectivity index (χ4n) is 2.64. The van der Waals surface area contributed by atoms with E-state index >= 15 is 0 Å². The molecule has 26 heavy (non-hydrogen) atoms. The molecule has 1 aliphatic rings. The van der Waals surface area contributed by atoms with Crippen molar-refractivity contribution in [1.29, 1.82) is 5.26 Å². The van der Waals surface area contributed by atoms with Gasteiger partial charge >= 0.3 is 5.97 Å². The van der Waals surface area contributed by atoms with Gasteiger partial charge in [0.25, 0.3) is 5.91 Å². The largest absolute Gasteiger partial charge is 0.480 e. The van der Waals surface area contributed by atoms with Crippen molar-refractivity contribution in [3.63, 3.8) is 0 Å².